The third-order valence-electron chi connectivity index (χ3n) is 4.52. The summed E-state index contributed by atoms with van der Waals surface area (Å²) in [7, 11) is 0. The SMILES string of the molecule is O=C(CCN1CCN(Cc2ccccc2)CC1)c1cccc(F)c1. The number of Topliss-reactive ketones (excluding diaryl/α,β-unsaturated/α-hetero) is 1. The Morgan fingerprint density at radius 1 is 0.917 bits per heavy atom. The Bertz CT molecular complexity index is 666. The number of piperazine rings is 1. The second kappa shape index (κ2) is 8.18. The van der Waals surface area contributed by atoms with E-state index in [1.54, 1.807) is 12.1 Å². The van der Waals surface area contributed by atoms with E-state index in [0.29, 0.717) is 12.0 Å². The van der Waals surface area contributed by atoms with E-state index >= 15 is 0 Å². The highest BCUT2D eigenvalue weighted by Crippen LogP contribution is 2.11. The molecule has 2 aromatic carbocycles. The van der Waals surface area contributed by atoms with E-state index in [0.717, 1.165) is 39.3 Å². The van der Waals surface area contributed by atoms with Gasteiger partial charge in [-0.2, -0.15) is 0 Å². The van der Waals surface area contributed by atoms with Crippen LogP contribution in [0.4, 0.5) is 4.39 Å². The maximum atomic E-state index is 13.2. The summed E-state index contributed by atoms with van der Waals surface area (Å²) in [6, 6.07) is 16.5. The number of hydrogen-bond donors (Lipinski definition) is 0. The number of nitrogens with zero attached hydrogens (tertiary/aromatic N) is 2. The lowest BCUT2D eigenvalue weighted by atomic mass is 10.1. The quantitative estimate of drug-likeness (QED) is 0.762. The van der Waals surface area contributed by atoms with E-state index in [1.807, 2.05) is 6.07 Å². The van der Waals surface area contributed by atoms with Gasteiger partial charge >= 0.3 is 0 Å². The largest absolute Gasteiger partial charge is 0.300 e. The topological polar surface area (TPSA) is 23.6 Å². The predicted molar refractivity (Wildman–Crippen MR) is 93.5 cm³/mol. The predicted octanol–water partition coefficient (Wildman–Crippen LogP) is 3.22. The van der Waals surface area contributed by atoms with Gasteiger partial charge in [-0.15, -0.1) is 0 Å². The molecule has 0 aromatic heterocycles. The Labute approximate surface area is 142 Å². The van der Waals surface area contributed by atoms with Crippen LogP contribution in [0.15, 0.2) is 54.6 Å². The summed E-state index contributed by atoms with van der Waals surface area (Å²) in [5.74, 6) is -0.336. The van der Waals surface area contributed by atoms with Crippen LogP contribution in [-0.2, 0) is 6.54 Å². The minimum Gasteiger partial charge on any atom is -0.300 e. The molecule has 126 valence electrons. The minimum absolute atomic E-state index is 0.0150. The van der Waals surface area contributed by atoms with Crippen LogP contribution in [0.25, 0.3) is 0 Å². The number of rotatable bonds is 6. The van der Waals surface area contributed by atoms with Crippen LogP contribution in [0.5, 0.6) is 0 Å². The lowest BCUT2D eigenvalue weighted by Gasteiger charge is -2.34. The summed E-state index contributed by atoms with van der Waals surface area (Å²) in [4.78, 5) is 16.9. The van der Waals surface area contributed by atoms with E-state index < -0.39 is 0 Å². The van der Waals surface area contributed by atoms with Gasteiger partial charge in [-0.3, -0.25) is 9.69 Å². The zero-order valence-electron chi connectivity index (χ0n) is 13.8. The number of halogens is 1. The van der Waals surface area contributed by atoms with Gasteiger partial charge in [0, 0.05) is 51.3 Å². The molecule has 1 aliphatic rings. The van der Waals surface area contributed by atoms with Gasteiger partial charge in [0.25, 0.3) is 0 Å². The summed E-state index contributed by atoms with van der Waals surface area (Å²) in [5.41, 5.74) is 1.81. The minimum atomic E-state index is -0.352. The van der Waals surface area contributed by atoms with Crippen molar-refractivity contribution >= 4 is 5.78 Å². The van der Waals surface area contributed by atoms with Crippen LogP contribution < -0.4 is 0 Å². The van der Waals surface area contributed by atoms with Crippen LogP contribution in [0, 0.1) is 5.82 Å². The fourth-order valence-corrected chi connectivity index (χ4v) is 3.08. The fraction of sp³-hybridized carbons (Fsp3) is 0.350. The van der Waals surface area contributed by atoms with E-state index in [9.17, 15) is 9.18 Å². The summed E-state index contributed by atoms with van der Waals surface area (Å²) in [6.07, 6.45) is 0.447. The third kappa shape index (κ3) is 4.73. The number of carbonyl (C=O) groups is 1. The van der Waals surface area contributed by atoms with Crippen LogP contribution in [-0.4, -0.2) is 48.3 Å². The molecule has 0 spiro atoms. The van der Waals surface area contributed by atoms with Crippen molar-refractivity contribution in [2.45, 2.75) is 13.0 Å². The first kappa shape index (κ1) is 16.8. The highest BCUT2D eigenvalue weighted by Gasteiger charge is 2.18. The van der Waals surface area contributed by atoms with Gasteiger partial charge in [0.15, 0.2) is 5.78 Å². The van der Waals surface area contributed by atoms with Crippen molar-refractivity contribution < 1.29 is 9.18 Å². The Morgan fingerprint density at radius 3 is 2.33 bits per heavy atom. The Morgan fingerprint density at radius 2 is 1.62 bits per heavy atom. The molecular formula is C20H23FN2O. The van der Waals surface area contributed by atoms with Crippen LogP contribution >= 0.6 is 0 Å². The van der Waals surface area contributed by atoms with Gasteiger partial charge < -0.3 is 4.90 Å². The molecule has 0 bridgehead atoms. The molecule has 0 N–H and O–H groups in total. The molecule has 0 saturated carbocycles. The van der Waals surface area contributed by atoms with Crippen molar-refractivity contribution in [3.05, 3.63) is 71.5 Å². The first-order valence-electron chi connectivity index (χ1n) is 8.48. The molecule has 0 aliphatic carbocycles. The van der Waals surface area contributed by atoms with Gasteiger partial charge in [0.2, 0.25) is 0 Å². The van der Waals surface area contributed by atoms with Crippen molar-refractivity contribution in [1.82, 2.24) is 9.80 Å². The number of carbonyl (C=O) groups excluding carboxylic acids is 1. The molecule has 0 amide bonds. The maximum Gasteiger partial charge on any atom is 0.164 e. The van der Waals surface area contributed by atoms with Crippen molar-refractivity contribution in [3.8, 4) is 0 Å². The zero-order valence-corrected chi connectivity index (χ0v) is 13.8. The van der Waals surface area contributed by atoms with Gasteiger partial charge in [-0.05, 0) is 17.7 Å². The first-order valence-corrected chi connectivity index (χ1v) is 8.48. The molecule has 2 aromatic rings. The summed E-state index contributed by atoms with van der Waals surface area (Å²) in [6.45, 7) is 5.71. The van der Waals surface area contributed by atoms with Crippen LogP contribution in [0.3, 0.4) is 0 Å². The molecule has 1 fully saturated rings. The smallest absolute Gasteiger partial charge is 0.164 e. The monoisotopic (exact) mass is 326 g/mol. The van der Waals surface area contributed by atoms with E-state index in [2.05, 4.69) is 34.1 Å². The average Bonchev–Trinajstić information content (AvgIpc) is 2.62. The number of ketones is 1. The molecule has 4 heteroatoms. The van der Waals surface area contributed by atoms with Gasteiger partial charge in [-0.1, -0.05) is 42.5 Å². The maximum absolute atomic E-state index is 13.2. The lowest BCUT2D eigenvalue weighted by Crippen LogP contribution is -2.46. The highest BCUT2D eigenvalue weighted by atomic mass is 19.1. The molecular weight excluding hydrogens is 303 g/mol. The standard InChI is InChI=1S/C20H23FN2O/c21-19-8-4-7-18(15-19)20(24)9-10-22-11-13-23(14-12-22)16-17-5-2-1-3-6-17/h1-8,15H,9-14,16H2. The second-order valence-electron chi connectivity index (χ2n) is 6.29. The van der Waals surface area contributed by atoms with Crippen molar-refractivity contribution in [2.24, 2.45) is 0 Å². The summed E-state index contributed by atoms with van der Waals surface area (Å²) in [5, 5.41) is 0. The van der Waals surface area contributed by atoms with Gasteiger partial charge in [0.05, 0.1) is 0 Å². The summed E-state index contributed by atoms with van der Waals surface area (Å²) < 4.78 is 13.2. The fourth-order valence-electron chi connectivity index (χ4n) is 3.08. The van der Waals surface area contributed by atoms with E-state index in [4.69, 9.17) is 0 Å². The van der Waals surface area contributed by atoms with E-state index in [-0.39, 0.29) is 11.6 Å². The molecule has 1 aliphatic heterocycles. The molecule has 0 unspecified atom stereocenters. The summed E-state index contributed by atoms with van der Waals surface area (Å²) >= 11 is 0. The second-order valence-corrected chi connectivity index (χ2v) is 6.29. The Kier molecular flexibility index (Phi) is 5.72. The Hall–Kier alpha value is -2.04. The molecule has 3 nitrogen and oxygen atoms in total. The molecule has 24 heavy (non-hydrogen) atoms. The Balaban J connectivity index is 1.42. The third-order valence-corrected chi connectivity index (χ3v) is 4.52. The van der Waals surface area contributed by atoms with Gasteiger partial charge in [-0.25, -0.2) is 4.39 Å². The highest BCUT2D eigenvalue weighted by molar-refractivity contribution is 5.96. The zero-order chi connectivity index (χ0) is 16.8. The van der Waals surface area contributed by atoms with Crippen LogP contribution in [0.1, 0.15) is 22.3 Å². The van der Waals surface area contributed by atoms with E-state index in [1.165, 1.54) is 17.7 Å². The lowest BCUT2D eigenvalue weighted by molar-refractivity contribution is 0.0922. The van der Waals surface area contributed by atoms with Gasteiger partial charge in [0.1, 0.15) is 5.82 Å². The number of benzene rings is 2. The molecule has 0 atom stereocenters. The molecule has 0 radical (unpaired) electrons. The normalized spacial score (nSPS) is 16.2. The van der Waals surface area contributed by atoms with Crippen molar-refractivity contribution in [1.29, 1.82) is 0 Å². The molecule has 1 saturated heterocycles. The van der Waals surface area contributed by atoms with Crippen LogP contribution in [0.2, 0.25) is 0 Å². The average molecular weight is 326 g/mol. The molecule has 1 heterocycles. The molecule has 3 rings (SSSR count). The first-order chi connectivity index (χ1) is 11.7. The van der Waals surface area contributed by atoms with Crippen molar-refractivity contribution in [2.75, 3.05) is 32.7 Å². The van der Waals surface area contributed by atoms with Crippen molar-refractivity contribution in [3.63, 3.8) is 0 Å². The number of hydrogen-bond acceptors (Lipinski definition) is 3.